The molecule has 0 aromatic rings. The van der Waals surface area contributed by atoms with Crippen molar-refractivity contribution in [2.75, 3.05) is 20.1 Å². The Kier molecular flexibility index (Phi) is 7.49. The zero-order valence-electron chi connectivity index (χ0n) is 11.4. The van der Waals surface area contributed by atoms with Crippen LogP contribution in [0.3, 0.4) is 0 Å². The molecule has 88 valence electrons. The van der Waals surface area contributed by atoms with E-state index in [0.717, 1.165) is 13.1 Å². The standard InChI is InChI=1S/C10H24N2.C2H6/c1-9(2,3)7-12(6)8-10(4,5)11;1-2/h7-8,11H2,1-6H3;1-2H3. The highest BCUT2D eigenvalue weighted by atomic mass is 15.1. The second-order valence-electron chi connectivity index (χ2n) is 5.72. The SMILES string of the molecule is CC.CN(CC(C)(C)C)CC(C)(C)N. The van der Waals surface area contributed by atoms with Gasteiger partial charge in [-0.3, -0.25) is 0 Å². The van der Waals surface area contributed by atoms with Gasteiger partial charge in [0, 0.05) is 18.6 Å². The zero-order chi connectivity index (χ0) is 12.0. The van der Waals surface area contributed by atoms with Crippen molar-refractivity contribution in [1.82, 2.24) is 4.90 Å². The minimum atomic E-state index is -0.0833. The Labute approximate surface area is 90.9 Å². The fourth-order valence-electron chi connectivity index (χ4n) is 1.56. The first-order valence-corrected chi connectivity index (χ1v) is 5.58. The van der Waals surface area contributed by atoms with Gasteiger partial charge in [-0.2, -0.15) is 0 Å². The van der Waals surface area contributed by atoms with Gasteiger partial charge < -0.3 is 10.6 Å². The van der Waals surface area contributed by atoms with Gasteiger partial charge in [-0.25, -0.2) is 0 Å². The quantitative estimate of drug-likeness (QED) is 0.762. The summed E-state index contributed by atoms with van der Waals surface area (Å²) >= 11 is 0. The molecule has 0 unspecified atom stereocenters. The Morgan fingerprint density at radius 3 is 1.50 bits per heavy atom. The summed E-state index contributed by atoms with van der Waals surface area (Å²) in [5.74, 6) is 0. The highest BCUT2D eigenvalue weighted by Gasteiger charge is 2.18. The van der Waals surface area contributed by atoms with Crippen LogP contribution in [0.1, 0.15) is 48.5 Å². The van der Waals surface area contributed by atoms with Crippen molar-refractivity contribution in [1.29, 1.82) is 0 Å². The van der Waals surface area contributed by atoms with E-state index in [1.54, 1.807) is 0 Å². The predicted octanol–water partition coefficient (Wildman–Crippen LogP) is 2.73. The van der Waals surface area contributed by atoms with Crippen molar-refractivity contribution >= 4 is 0 Å². The van der Waals surface area contributed by atoms with Crippen molar-refractivity contribution in [2.45, 2.75) is 54.0 Å². The summed E-state index contributed by atoms with van der Waals surface area (Å²) in [6, 6.07) is 0. The van der Waals surface area contributed by atoms with Gasteiger partial charge in [0.2, 0.25) is 0 Å². The maximum absolute atomic E-state index is 5.91. The maximum atomic E-state index is 5.91. The Morgan fingerprint density at radius 1 is 0.929 bits per heavy atom. The van der Waals surface area contributed by atoms with Crippen LogP contribution in [-0.2, 0) is 0 Å². The van der Waals surface area contributed by atoms with Crippen LogP contribution in [0.4, 0.5) is 0 Å². The van der Waals surface area contributed by atoms with E-state index < -0.39 is 0 Å². The third kappa shape index (κ3) is 14.4. The van der Waals surface area contributed by atoms with E-state index in [9.17, 15) is 0 Å². The Balaban J connectivity index is 0. The van der Waals surface area contributed by atoms with Crippen LogP contribution in [0.25, 0.3) is 0 Å². The monoisotopic (exact) mass is 202 g/mol. The lowest BCUT2D eigenvalue weighted by molar-refractivity contribution is 0.196. The van der Waals surface area contributed by atoms with Crippen LogP contribution >= 0.6 is 0 Å². The van der Waals surface area contributed by atoms with Gasteiger partial charge in [0.1, 0.15) is 0 Å². The number of nitrogens with two attached hydrogens (primary N) is 1. The molecule has 2 heteroatoms. The molecule has 0 atom stereocenters. The molecule has 0 aliphatic rings. The van der Waals surface area contributed by atoms with Gasteiger partial charge in [-0.05, 0) is 26.3 Å². The number of likely N-dealkylation sites (N-methyl/N-ethyl adjacent to an activating group) is 1. The first-order valence-electron chi connectivity index (χ1n) is 5.58. The fourth-order valence-corrected chi connectivity index (χ4v) is 1.56. The molecule has 0 fully saturated rings. The van der Waals surface area contributed by atoms with Gasteiger partial charge >= 0.3 is 0 Å². The van der Waals surface area contributed by atoms with E-state index in [1.807, 2.05) is 13.8 Å². The van der Waals surface area contributed by atoms with E-state index in [4.69, 9.17) is 5.73 Å². The minimum absolute atomic E-state index is 0.0833. The van der Waals surface area contributed by atoms with Crippen molar-refractivity contribution in [3.63, 3.8) is 0 Å². The van der Waals surface area contributed by atoms with Gasteiger partial charge in [0.05, 0.1) is 0 Å². The molecule has 2 N–H and O–H groups in total. The molecule has 0 rings (SSSR count). The van der Waals surface area contributed by atoms with Gasteiger partial charge in [-0.1, -0.05) is 34.6 Å². The second-order valence-corrected chi connectivity index (χ2v) is 5.72. The van der Waals surface area contributed by atoms with E-state index >= 15 is 0 Å². The third-order valence-electron chi connectivity index (χ3n) is 1.42. The summed E-state index contributed by atoms with van der Waals surface area (Å²) in [5.41, 5.74) is 6.19. The summed E-state index contributed by atoms with van der Waals surface area (Å²) < 4.78 is 0. The normalized spacial score (nSPS) is 12.4. The lowest BCUT2D eigenvalue weighted by Crippen LogP contribution is -2.45. The molecule has 0 saturated carbocycles. The number of hydrogen-bond acceptors (Lipinski definition) is 2. The summed E-state index contributed by atoms with van der Waals surface area (Å²) in [4.78, 5) is 2.29. The fraction of sp³-hybridized carbons (Fsp3) is 1.00. The summed E-state index contributed by atoms with van der Waals surface area (Å²) in [7, 11) is 2.12. The average Bonchev–Trinajstić information content (AvgIpc) is 1.82. The van der Waals surface area contributed by atoms with Gasteiger partial charge in [0.25, 0.3) is 0 Å². The van der Waals surface area contributed by atoms with Crippen LogP contribution in [0.2, 0.25) is 0 Å². The molecule has 0 saturated heterocycles. The molecule has 0 bridgehead atoms. The average molecular weight is 202 g/mol. The first-order chi connectivity index (χ1) is 6.10. The molecular formula is C12H30N2. The van der Waals surface area contributed by atoms with E-state index in [2.05, 4.69) is 46.6 Å². The van der Waals surface area contributed by atoms with Crippen LogP contribution < -0.4 is 5.73 Å². The highest BCUT2D eigenvalue weighted by molar-refractivity contribution is 4.77. The molecule has 2 nitrogen and oxygen atoms in total. The maximum Gasteiger partial charge on any atom is 0.0225 e. The van der Waals surface area contributed by atoms with Crippen LogP contribution in [0, 0.1) is 5.41 Å². The smallest absolute Gasteiger partial charge is 0.0225 e. The molecule has 0 aromatic heterocycles. The highest BCUT2D eigenvalue weighted by Crippen LogP contribution is 2.15. The summed E-state index contributed by atoms with van der Waals surface area (Å²) in [5, 5.41) is 0. The van der Waals surface area contributed by atoms with Crippen molar-refractivity contribution in [3.05, 3.63) is 0 Å². The molecular weight excluding hydrogens is 172 g/mol. The third-order valence-corrected chi connectivity index (χ3v) is 1.42. The lowest BCUT2D eigenvalue weighted by atomic mass is 9.95. The predicted molar refractivity (Wildman–Crippen MR) is 66.6 cm³/mol. The van der Waals surface area contributed by atoms with Crippen LogP contribution in [0.15, 0.2) is 0 Å². The van der Waals surface area contributed by atoms with Crippen molar-refractivity contribution < 1.29 is 0 Å². The van der Waals surface area contributed by atoms with E-state index in [1.165, 1.54) is 0 Å². The molecule has 0 aliphatic heterocycles. The van der Waals surface area contributed by atoms with Crippen molar-refractivity contribution in [3.8, 4) is 0 Å². The molecule has 0 radical (unpaired) electrons. The number of hydrogen-bond donors (Lipinski definition) is 1. The van der Waals surface area contributed by atoms with Crippen LogP contribution in [-0.4, -0.2) is 30.6 Å². The van der Waals surface area contributed by atoms with E-state index in [-0.39, 0.29) is 5.54 Å². The Hall–Kier alpha value is -0.0800. The first kappa shape index (κ1) is 16.4. The van der Waals surface area contributed by atoms with E-state index in [0.29, 0.717) is 5.41 Å². The Bertz CT molecular complexity index is 112. The van der Waals surface area contributed by atoms with Crippen LogP contribution in [0.5, 0.6) is 0 Å². The van der Waals surface area contributed by atoms with Crippen molar-refractivity contribution in [2.24, 2.45) is 11.1 Å². The summed E-state index contributed by atoms with van der Waals surface area (Å²) in [6.45, 7) is 16.9. The van der Waals surface area contributed by atoms with Gasteiger partial charge in [0.15, 0.2) is 0 Å². The molecule has 0 aromatic carbocycles. The summed E-state index contributed by atoms with van der Waals surface area (Å²) in [6.07, 6.45) is 0. The molecule has 0 aliphatic carbocycles. The Morgan fingerprint density at radius 2 is 1.29 bits per heavy atom. The molecule has 0 spiro atoms. The number of nitrogens with zero attached hydrogens (tertiary/aromatic N) is 1. The minimum Gasteiger partial charge on any atom is -0.324 e. The lowest BCUT2D eigenvalue weighted by Gasteiger charge is -2.31. The van der Waals surface area contributed by atoms with Gasteiger partial charge in [-0.15, -0.1) is 0 Å². The molecule has 0 heterocycles. The largest absolute Gasteiger partial charge is 0.324 e. The second kappa shape index (κ2) is 6.41. The molecule has 14 heavy (non-hydrogen) atoms. The topological polar surface area (TPSA) is 29.3 Å². The molecule has 0 amide bonds. The number of rotatable bonds is 3. The zero-order valence-corrected chi connectivity index (χ0v) is 11.4.